The molecular formula is C40H40Hf. The Labute approximate surface area is 250 Å². The van der Waals surface area contributed by atoms with Crippen LogP contribution in [0.5, 0.6) is 0 Å². The van der Waals surface area contributed by atoms with Crippen LogP contribution in [0.3, 0.4) is 0 Å². The van der Waals surface area contributed by atoms with Crippen molar-refractivity contribution in [2.75, 3.05) is 0 Å². The van der Waals surface area contributed by atoms with E-state index in [9.17, 15) is 0 Å². The first-order valence-electron chi connectivity index (χ1n) is 15.5. The predicted molar refractivity (Wildman–Crippen MR) is 172 cm³/mol. The number of benzene rings is 4. The molecule has 8 rings (SSSR count). The molecule has 0 aromatic heterocycles. The van der Waals surface area contributed by atoms with E-state index in [0.29, 0.717) is 7.35 Å². The molecule has 0 radical (unpaired) electrons. The fraction of sp³-hybridized carbons (Fsp3) is 0.300. The zero-order valence-corrected chi connectivity index (χ0v) is 29.0. The SMILES string of the molecule is Cc1cc(C)cc(-c2cccc3c2C=C2[CH]3[Hf]([CH3])([CH3])[CH]3C(=Cc4c(-c5cc(C)cc(C)c5)cccc43)C23CCC3)c1. The molecule has 1 heteroatoms. The summed E-state index contributed by atoms with van der Waals surface area (Å²) in [7, 11) is 0. The Morgan fingerprint density at radius 3 is 1.37 bits per heavy atom. The summed E-state index contributed by atoms with van der Waals surface area (Å²) < 4.78 is 6.91. The molecule has 0 nitrogen and oxygen atoms in total. The Hall–Kier alpha value is -2.77. The van der Waals surface area contributed by atoms with E-state index in [0.717, 1.165) is 0 Å². The van der Waals surface area contributed by atoms with Gasteiger partial charge >= 0.3 is 252 Å². The van der Waals surface area contributed by atoms with Gasteiger partial charge in [-0.1, -0.05) is 0 Å². The monoisotopic (exact) mass is 700 g/mol. The molecule has 1 saturated carbocycles. The minimum atomic E-state index is -3.01. The van der Waals surface area contributed by atoms with Gasteiger partial charge in [0.15, 0.2) is 0 Å². The van der Waals surface area contributed by atoms with E-state index in [1.54, 1.807) is 22.3 Å². The third-order valence-corrected chi connectivity index (χ3v) is 26.2. The van der Waals surface area contributed by atoms with Crippen molar-refractivity contribution in [1.29, 1.82) is 0 Å². The molecule has 2 unspecified atom stereocenters. The van der Waals surface area contributed by atoms with Crippen molar-refractivity contribution in [3.63, 3.8) is 0 Å². The molecule has 3 aliphatic carbocycles. The van der Waals surface area contributed by atoms with Gasteiger partial charge in [0.1, 0.15) is 0 Å². The van der Waals surface area contributed by atoms with Crippen LogP contribution < -0.4 is 0 Å². The zero-order chi connectivity index (χ0) is 28.3. The van der Waals surface area contributed by atoms with Crippen molar-refractivity contribution < 1.29 is 20.0 Å². The van der Waals surface area contributed by atoms with E-state index >= 15 is 0 Å². The van der Waals surface area contributed by atoms with Gasteiger partial charge in [0.2, 0.25) is 0 Å². The summed E-state index contributed by atoms with van der Waals surface area (Å²) >= 11 is -3.01. The van der Waals surface area contributed by atoms with Crippen molar-refractivity contribution in [1.82, 2.24) is 0 Å². The number of fused-ring (bicyclic) bond motifs is 8. The zero-order valence-electron chi connectivity index (χ0n) is 25.4. The normalized spacial score (nSPS) is 22.3. The molecule has 1 heterocycles. The molecule has 2 fully saturated rings. The Balaban J connectivity index is 1.34. The molecule has 1 aliphatic heterocycles. The van der Waals surface area contributed by atoms with E-state index in [2.05, 4.69) is 122 Å². The molecule has 204 valence electrons. The Morgan fingerprint density at radius 2 is 1.00 bits per heavy atom. The van der Waals surface area contributed by atoms with Gasteiger partial charge in [0, 0.05) is 0 Å². The fourth-order valence-corrected chi connectivity index (χ4v) is 26.6. The fourth-order valence-electron chi connectivity index (χ4n) is 9.44. The molecule has 4 aromatic carbocycles. The standard InChI is InChI=1S/C38H34.2CH3.Hf/c1-24-14-25(2)17-30(16-24)34-10-5-8-28-20-32(22-36(28)34)38(12-7-13-38)33-21-29-9-6-11-35(37(29)23-33)31-18-26(3)15-27(4)19-31;;;/h5-6,8-11,14-23H,7,12-13H2,1-4H3;2*1H3;. The van der Waals surface area contributed by atoms with Crippen LogP contribution in [0, 0.1) is 33.1 Å². The molecule has 4 aromatic rings. The summed E-state index contributed by atoms with van der Waals surface area (Å²) in [6.07, 6.45) is 9.41. The van der Waals surface area contributed by atoms with Crippen molar-refractivity contribution >= 4 is 12.2 Å². The Morgan fingerprint density at radius 1 is 0.585 bits per heavy atom. The van der Waals surface area contributed by atoms with E-state index in [-0.39, 0.29) is 5.41 Å². The molecule has 41 heavy (non-hydrogen) atoms. The summed E-state index contributed by atoms with van der Waals surface area (Å²) in [5, 5.41) is 0. The van der Waals surface area contributed by atoms with Crippen LogP contribution in [0.2, 0.25) is 9.36 Å². The summed E-state index contributed by atoms with van der Waals surface area (Å²) in [5.74, 6) is 0. The second kappa shape index (κ2) is 8.87. The number of hydrogen-bond donors (Lipinski definition) is 0. The van der Waals surface area contributed by atoms with E-state index < -0.39 is 20.0 Å². The second-order valence-corrected chi connectivity index (χ2v) is 31.4. The minimum absolute atomic E-state index is 0.252. The molecule has 4 aliphatic rings. The maximum atomic E-state index is 2.78. The van der Waals surface area contributed by atoms with Crippen LogP contribution in [-0.4, -0.2) is 0 Å². The van der Waals surface area contributed by atoms with Gasteiger partial charge in [0.05, 0.1) is 0 Å². The van der Waals surface area contributed by atoms with E-state index in [1.807, 2.05) is 0 Å². The van der Waals surface area contributed by atoms with Crippen molar-refractivity contribution in [2.24, 2.45) is 5.41 Å². The molecule has 0 amide bonds. The third-order valence-electron chi connectivity index (χ3n) is 11.0. The average Bonchev–Trinajstić information content (AvgIpc) is 3.47. The second-order valence-electron chi connectivity index (χ2n) is 14.2. The van der Waals surface area contributed by atoms with Crippen LogP contribution in [0.4, 0.5) is 0 Å². The summed E-state index contributed by atoms with van der Waals surface area (Å²) in [6.45, 7) is 8.94. The van der Waals surface area contributed by atoms with Gasteiger partial charge in [-0.3, -0.25) is 0 Å². The van der Waals surface area contributed by atoms with Gasteiger partial charge < -0.3 is 0 Å². The molecule has 0 bridgehead atoms. The van der Waals surface area contributed by atoms with Gasteiger partial charge in [-0.25, -0.2) is 0 Å². The van der Waals surface area contributed by atoms with Gasteiger partial charge in [-0.2, -0.15) is 0 Å². The van der Waals surface area contributed by atoms with Gasteiger partial charge in [-0.15, -0.1) is 0 Å². The van der Waals surface area contributed by atoms with E-state index in [1.165, 1.54) is 74.9 Å². The number of rotatable bonds is 2. The molecule has 2 atom stereocenters. The maximum absolute atomic E-state index is 3.01. The first-order valence-corrected chi connectivity index (χ1v) is 26.9. The predicted octanol–water partition coefficient (Wildman–Crippen LogP) is 11.3. The van der Waals surface area contributed by atoms with Crippen LogP contribution >= 0.6 is 0 Å². The van der Waals surface area contributed by atoms with Crippen LogP contribution in [0.25, 0.3) is 34.4 Å². The first-order chi connectivity index (χ1) is 19.7. The number of hydrogen-bond acceptors (Lipinski definition) is 0. The number of aryl methyl sites for hydroxylation is 4. The van der Waals surface area contributed by atoms with Crippen LogP contribution in [0.1, 0.15) is 71.1 Å². The topological polar surface area (TPSA) is 0 Å². The van der Waals surface area contributed by atoms with Gasteiger partial charge in [0.25, 0.3) is 0 Å². The quantitative estimate of drug-likeness (QED) is 0.183. The Kier molecular flexibility index (Phi) is 5.60. The summed E-state index contributed by atoms with van der Waals surface area (Å²) in [6, 6.07) is 28.6. The molecular weight excluding hydrogens is 659 g/mol. The van der Waals surface area contributed by atoms with Crippen molar-refractivity contribution in [2.45, 2.75) is 63.7 Å². The molecule has 0 N–H and O–H groups in total. The molecule has 1 spiro atoms. The third kappa shape index (κ3) is 3.60. The first kappa shape index (κ1) is 25.9. The Bertz CT molecular complexity index is 1670. The van der Waals surface area contributed by atoms with E-state index in [4.69, 9.17) is 0 Å². The van der Waals surface area contributed by atoms with Gasteiger partial charge in [-0.05, 0) is 0 Å². The summed E-state index contributed by atoms with van der Waals surface area (Å²) in [5.41, 5.74) is 21.3. The number of allylic oxidation sites excluding steroid dienone is 2. The average molecular weight is 699 g/mol. The summed E-state index contributed by atoms with van der Waals surface area (Å²) in [4.78, 5) is 0. The van der Waals surface area contributed by atoms with Crippen LogP contribution in [-0.2, 0) is 20.0 Å². The molecule has 1 saturated heterocycles. The van der Waals surface area contributed by atoms with Crippen molar-refractivity contribution in [3.8, 4) is 22.3 Å². The van der Waals surface area contributed by atoms with Crippen molar-refractivity contribution in [3.05, 3.63) is 128 Å². The van der Waals surface area contributed by atoms with Crippen LogP contribution in [0.15, 0.2) is 83.9 Å².